The molecule has 106 valence electrons. The molecule has 0 aromatic carbocycles. The summed E-state index contributed by atoms with van der Waals surface area (Å²) >= 11 is 4.32. The zero-order chi connectivity index (χ0) is 13.9. The Morgan fingerprint density at radius 3 is 2.80 bits per heavy atom. The largest absolute Gasteiger partial charge is 0.377 e. The van der Waals surface area contributed by atoms with E-state index in [0.717, 1.165) is 24.7 Å². The van der Waals surface area contributed by atoms with E-state index in [0.29, 0.717) is 17.8 Å². The number of pyridine rings is 1. The highest BCUT2D eigenvalue weighted by Gasteiger charge is 2.37. The van der Waals surface area contributed by atoms with Crippen LogP contribution in [0.5, 0.6) is 0 Å². The first kappa shape index (κ1) is 13.5. The number of fused-ring (bicyclic) bond motifs is 2. The number of hydrogen-bond acceptors (Lipinski definition) is 6. The monoisotopic (exact) mass is 290 g/mol. The molecule has 2 saturated heterocycles. The predicted octanol–water partition coefficient (Wildman–Crippen LogP) is 1.81. The molecule has 2 aliphatic heterocycles. The highest BCUT2D eigenvalue weighted by Crippen LogP contribution is 2.35. The van der Waals surface area contributed by atoms with Crippen molar-refractivity contribution in [3.05, 3.63) is 17.8 Å². The molecule has 6 heteroatoms. The van der Waals surface area contributed by atoms with E-state index in [1.807, 2.05) is 6.07 Å². The lowest BCUT2D eigenvalue weighted by Gasteiger charge is -2.36. The van der Waals surface area contributed by atoms with Gasteiger partial charge in [-0.2, -0.15) is 17.9 Å². The summed E-state index contributed by atoms with van der Waals surface area (Å²) in [5, 5.41) is 11.7. The van der Waals surface area contributed by atoms with Gasteiger partial charge in [0.2, 0.25) is 0 Å². The van der Waals surface area contributed by atoms with E-state index >= 15 is 0 Å². The molecule has 1 aromatic rings. The second-order valence-electron chi connectivity index (χ2n) is 5.20. The maximum atomic E-state index is 8.68. The molecule has 2 fully saturated rings. The first-order valence-electron chi connectivity index (χ1n) is 6.90. The predicted molar refractivity (Wildman–Crippen MR) is 81.1 cm³/mol. The fraction of sp³-hybridized carbons (Fsp3) is 0.571. The summed E-state index contributed by atoms with van der Waals surface area (Å²) in [5.41, 5.74) is 2.09. The molecule has 0 amide bonds. The van der Waals surface area contributed by atoms with Gasteiger partial charge in [-0.1, -0.05) is 0 Å². The average molecular weight is 290 g/mol. The number of thiol groups is 1. The molecule has 3 rings (SSSR count). The number of anilines is 2. The highest BCUT2D eigenvalue weighted by atomic mass is 32.1. The zero-order valence-electron chi connectivity index (χ0n) is 11.2. The van der Waals surface area contributed by atoms with Gasteiger partial charge >= 0.3 is 0 Å². The normalized spacial score (nSPS) is 24.5. The fourth-order valence-electron chi connectivity index (χ4n) is 3.07. The molecule has 3 heterocycles. The maximum absolute atomic E-state index is 8.68. The quantitative estimate of drug-likeness (QED) is 0.654. The minimum atomic E-state index is 0.262. The Bertz CT molecular complexity index is 514. The fourth-order valence-corrected chi connectivity index (χ4v) is 3.23. The molecule has 2 unspecified atom stereocenters. The summed E-state index contributed by atoms with van der Waals surface area (Å²) in [7, 11) is 0. The van der Waals surface area contributed by atoms with E-state index < -0.39 is 0 Å². The Morgan fingerprint density at radius 2 is 2.15 bits per heavy atom. The molecule has 2 bridgehead atoms. The third-order valence-corrected chi connectivity index (χ3v) is 4.24. The van der Waals surface area contributed by atoms with Crippen LogP contribution in [0.1, 0.15) is 18.5 Å². The van der Waals surface area contributed by atoms with E-state index in [1.54, 1.807) is 0 Å². The number of hydrogen-bond donors (Lipinski definition) is 2. The number of ether oxygens (including phenoxy) is 1. The van der Waals surface area contributed by atoms with Crippen LogP contribution in [-0.2, 0) is 10.5 Å². The van der Waals surface area contributed by atoms with Crippen molar-refractivity contribution in [3.63, 3.8) is 0 Å². The van der Waals surface area contributed by atoms with Crippen LogP contribution in [-0.4, -0.2) is 36.8 Å². The number of nitrogens with zero attached hydrogens (tertiary/aromatic N) is 3. The molecule has 1 N–H and O–H groups in total. The molecule has 0 saturated carbocycles. The molecule has 1 aromatic heterocycles. The second kappa shape index (κ2) is 5.90. The lowest BCUT2D eigenvalue weighted by Crippen LogP contribution is -2.46. The smallest absolute Gasteiger partial charge is 0.129 e. The van der Waals surface area contributed by atoms with Crippen LogP contribution >= 0.6 is 12.6 Å². The molecule has 2 atom stereocenters. The van der Waals surface area contributed by atoms with Gasteiger partial charge in [-0.05, 0) is 18.9 Å². The molecular formula is C14H18N4OS. The van der Waals surface area contributed by atoms with Crippen molar-refractivity contribution < 1.29 is 4.74 Å². The second-order valence-corrected chi connectivity index (χ2v) is 5.52. The number of rotatable bonds is 4. The van der Waals surface area contributed by atoms with Gasteiger partial charge in [-0.25, -0.2) is 4.98 Å². The Kier molecular flexibility index (Phi) is 3.99. The highest BCUT2D eigenvalue weighted by molar-refractivity contribution is 7.79. The standard InChI is InChI=1S/C14H18N4OS/c15-3-4-16-14-6-13(5-10(9-20)17-14)18-11-1-2-12(18)8-19-7-11/h5-6,11-12,20H,1-2,4,7-9H2,(H,16,17). The van der Waals surface area contributed by atoms with E-state index in [1.165, 1.54) is 18.5 Å². The summed E-state index contributed by atoms with van der Waals surface area (Å²) in [5.74, 6) is 1.34. The van der Waals surface area contributed by atoms with Gasteiger partial charge in [0.05, 0.1) is 37.1 Å². The van der Waals surface area contributed by atoms with Crippen molar-refractivity contribution in [3.8, 4) is 6.07 Å². The van der Waals surface area contributed by atoms with Crippen molar-refractivity contribution in [1.82, 2.24) is 4.98 Å². The minimum Gasteiger partial charge on any atom is -0.377 e. The summed E-state index contributed by atoms with van der Waals surface area (Å²) in [4.78, 5) is 6.91. The third kappa shape index (κ3) is 2.56. The Balaban J connectivity index is 1.90. The summed E-state index contributed by atoms with van der Waals surface area (Å²) in [6, 6.07) is 7.14. The minimum absolute atomic E-state index is 0.262. The summed E-state index contributed by atoms with van der Waals surface area (Å²) in [6.07, 6.45) is 2.37. The van der Waals surface area contributed by atoms with Crippen molar-refractivity contribution in [1.29, 1.82) is 5.26 Å². The molecule has 0 radical (unpaired) electrons. The van der Waals surface area contributed by atoms with Crippen LogP contribution in [0.15, 0.2) is 12.1 Å². The molecule has 2 aliphatic rings. The summed E-state index contributed by atoms with van der Waals surface area (Å²) < 4.78 is 5.63. The van der Waals surface area contributed by atoms with Gasteiger partial charge < -0.3 is 15.0 Å². The number of morpholine rings is 1. The van der Waals surface area contributed by atoms with Crippen LogP contribution in [0.4, 0.5) is 11.5 Å². The Labute approximate surface area is 124 Å². The van der Waals surface area contributed by atoms with E-state index in [2.05, 4.69) is 40.0 Å². The van der Waals surface area contributed by atoms with Crippen molar-refractivity contribution in [2.45, 2.75) is 30.7 Å². The van der Waals surface area contributed by atoms with Crippen molar-refractivity contribution >= 4 is 24.1 Å². The van der Waals surface area contributed by atoms with Gasteiger partial charge in [-0.15, -0.1) is 0 Å². The number of nitriles is 1. The first-order valence-corrected chi connectivity index (χ1v) is 7.54. The van der Waals surface area contributed by atoms with Gasteiger partial charge in [0.25, 0.3) is 0 Å². The molecular weight excluding hydrogens is 272 g/mol. The van der Waals surface area contributed by atoms with Gasteiger partial charge in [-0.3, -0.25) is 0 Å². The van der Waals surface area contributed by atoms with E-state index in [4.69, 9.17) is 10.00 Å². The SMILES string of the molecule is N#CCNc1cc(N2C3CCC2COC3)cc(CS)n1. The van der Waals surface area contributed by atoms with Gasteiger partial charge in [0.15, 0.2) is 0 Å². The maximum Gasteiger partial charge on any atom is 0.129 e. The number of nitrogens with one attached hydrogen (secondary N) is 1. The van der Waals surface area contributed by atoms with Gasteiger partial charge in [0, 0.05) is 17.5 Å². The zero-order valence-corrected chi connectivity index (χ0v) is 12.1. The van der Waals surface area contributed by atoms with Gasteiger partial charge in [0.1, 0.15) is 12.4 Å². The van der Waals surface area contributed by atoms with Crippen LogP contribution < -0.4 is 10.2 Å². The van der Waals surface area contributed by atoms with Crippen LogP contribution in [0, 0.1) is 11.3 Å². The van der Waals surface area contributed by atoms with E-state index in [9.17, 15) is 0 Å². The lowest BCUT2D eigenvalue weighted by molar-refractivity contribution is 0.0906. The van der Waals surface area contributed by atoms with Crippen LogP contribution in [0.2, 0.25) is 0 Å². The molecule has 20 heavy (non-hydrogen) atoms. The lowest BCUT2D eigenvalue weighted by atomic mass is 10.2. The van der Waals surface area contributed by atoms with E-state index in [-0.39, 0.29) is 6.54 Å². The van der Waals surface area contributed by atoms with Crippen molar-refractivity contribution in [2.24, 2.45) is 0 Å². The first-order chi connectivity index (χ1) is 9.81. The van der Waals surface area contributed by atoms with Crippen LogP contribution in [0.25, 0.3) is 0 Å². The number of aromatic nitrogens is 1. The summed E-state index contributed by atoms with van der Waals surface area (Å²) in [6.45, 7) is 1.87. The topological polar surface area (TPSA) is 61.2 Å². The third-order valence-electron chi connectivity index (χ3n) is 3.91. The van der Waals surface area contributed by atoms with Crippen LogP contribution in [0.3, 0.4) is 0 Å². The average Bonchev–Trinajstić information content (AvgIpc) is 2.74. The molecule has 0 spiro atoms. The molecule has 0 aliphatic carbocycles. The van der Waals surface area contributed by atoms with Crippen molar-refractivity contribution in [2.75, 3.05) is 30.0 Å². The Morgan fingerprint density at radius 1 is 1.40 bits per heavy atom. The Hall–Kier alpha value is -1.45. The molecule has 5 nitrogen and oxygen atoms in total.